The summed E-state index contributed by atoms with van der Waals surface area (Å²) in [5.74, 6) is 0. The first kappa shape index (κ1) is 8.60. The fourth-order valence-corrected chi connectivity index (χ4v) is 1.53. The number of aromatic nitrogens is 2. The quantitative estimate of drug-likeness (QED) is 0.772. The first-order valence-electron chi connectivity index (χ1n) is 3.72. The largest absolute Gasteiger partial charge is 0.285 e. The van der Waals surface area contributed by atoms with E-state index in [0.717, 1.165) is 11.1 Å². The predicted octanol–water partition coefficient (Wildman–Crippen LogP) is 3.38. The fourth-order valence-electron chi connectivity index (χ4n) is 1.12. The molecule has 0 fully saturated rings. The van der Waals surface area contributed by atoms with Gasteiger partial charge in [-0.1, -0.05) is 35.3 Å². The van der Waals surface area contributed by atoms with E-state index in [1.165, 1.54) is 0 Å². The molecule has 1 heterocycles. The molecule has 66 valence electrons. The summed E-state index contributed by atoms with van der Waals surface area (Å²) in [6, 6.07) is 5.52. The van der Waals surface area contributed by atoms with Gasteiger partial charge in [0.1, 0.15) is 0 Å². The van der Waals surface area contributed by atoms with Crippen molar-refractivity contribution in [1.29, 1.82) is 0 Å². The van der Waals surface area contributed by atoms with E-state index in [1.54, 1.807) is 18.5 Å². The number of aromatic amines is 1. The number of nitrogens with zero attached hydrogens (tertiary/aromatic N) is 1. The van der Waals surface area contributed by atoms with E-state index in [2.05, 4.69) is 10.2 Å². The van der Waals surface area contributed by atoms with Crippen molar-refractivity contribution in [3.05, 3.63) is 40.6 Å². The zero-order valence-corrected chi connectivity index (χ0v) is 8.10. The topological polar surface area (TPSA) is 28.7 Å². The highest BCUT2D eigenvalue weighted by Gasteiger charge is 2.06. The molecule has 2 aromatic rings. The molecule has 2 rings (SSSR count). The van der Waals surface area contributed by atoms with E-state index in [1.807, 2.05) is 12.1 Å². The zero-order valence-electron chi connectivity index (χ0n) is 6.59. The highest BCUT2D eigenvalue weighted by atomic mass is 35.5. The van der Waals surface area contributed by atoms with Crippen LogP contribution in [0.15, 0.2) is 30.6 Å². The maximum Gasteiger partial charge on any atom is 0.0671 e. The van der Waals surface area contributed by atoms with Crippen LogP contribution in [0.3, 0.4) is 0 Å². The molecule has 0 bridgehead atoms. The molecule has 1 aromatic heterocycles. The van der Waals surface area contributed by atoms with Crippen molar-refractivity contribution in [2.45, 2.75) is 0 Å². The molecule has 0 radical (unpaired) electrons. The Morgan fingerprint density at radius 1 is 1.23 bits per heavy atom. The van der Waals surface area contributed by atoms with Crippen LogP contribution in [0.4, 0.5) is 0 Å². The van der Waals surface area contributed by atoms with Crippen molar-refractivity contribution in [2.75, 3.05) is 0 Å². The maximum absolute atomic E-state index is 6.01. The van der Waals surface area contributed by atoms with Crippen molar-refractivity contribution >= 4 is 23.2 Å². The van der Waals surface area contributed by atoms with Crippen LogP contribution in [0.2, 0.25) is 10.0 Å². The van der Waals surface area contributed by atoms with Crippen molar-refractivity contribution in [1.82, 2.24) is 10.2 Å². The molecule has 1 aromatic carbocycles. The number of hydrogen-bond donors (Lipinski definition) is 1. The molecule has 2 nitrogen and oxygen atoms in total. The molecule has 0 saturated carbocycles. The third-order valence-corrected chi connectivity index (χ3v) is 2.58. The van der Waals surface area contributed by atoms with Crippen molar-refractivity contribution < 1.29 is 0 Å². The number of halogens is 2. The minimum Gasteiger partial charge on any atom is -0.285 e. The third kappa shape index (κ3) is 1.55. The van der Waals surface area contributed by atoms with Crippen LogP contribution in [-0.2, 0) is 0 Å². The van der Waals surface area contributed by atoms with E-state index in [9.17, 15) is 0 Å². The molecule has 0 spiro atoms. The molecular formula is C9H6Cl2N2. The van der Waals surface area contributed by atoms with Crippen molar-refractivity contribution in [2.24, 2.45) is 0 Å². The minimum absolute atomic E-state index is 0.556. The number of rotatable bonds is 1. The number of hydrogen-bond acceptors (Lipinski definition) is 1. The minimum atomic E-state index is 0.556. The molecule has 0 atom stereocenters. The molecule has 0 aliphatic rings. The van der Waals surface area contributed by atoms with Crippen LogP contribution in [0.5, 0.6) is 0 Å². The lowest BCUT2D eigenvalue weighted by molar-refractivity contribution is 1.09. The van der Waals surface area contributed by atoms with Crippen LogP contribution in [0.25, 0.3) is 11.1 Å². The first-order valence-corrected chi connectivity index (χ1v) is 4.48. The summed E-state index contributed by atoms with van der Waals surface area (Å²) >= 11 is 11.9. The summed E-state index contributed by atoms with van der Waals surface area (Å²) in [5, 5.41) is 7.68. The Morgan fingerprint density at radius 2 is 2.08 bits per heavy atom. The average Bonchev–Trinajstić information content (AvgIpc) is 2.62. The van der Waals surface area contributed by atoms with Gasteiger partial charge in [0.25, 0.3) is 0 Å². The summed E-state index contributed by atoms with van der Waals surface area (Å²) < 4.78 is 0. The van der Waals surface area contributed by atoms with Gasteiger partial charge in [-0.15, -0.1) is 0 Å². The lowest BCUT2D eigenvalue weighted by Crippen LogP contribution is -1.76. The van der Waals surface area contributed by atoms with Gasteiger partial charge in [0, 0.05) is 17.3 Å². The summed E-state index contributed by atoms with van der Waals surface area (Å²) in [4.78, 5) is 0. The van der Waals surface area contributed by atoms with E-state index in [4.69, 9.17) is 23.2 Å². The number of nitrogens with one attached hydrogen (secondary N) is 1. The van der Waals surface area contributed by atoms with E-state index in [-0.39, 0.29) is 0 Å². The van der Waals surface area contributed by atoms with Gasteiger partial charge in [-0.3, -0.25) is 5.10 Å². The number of H-pyrrole nitrogens is 1. The van der Waals surface area contributed by atoms with Gasteiger partial charge in [-0.05, 0) is 6.07 Å². The van der Waals surface area contributed by atoms with Gasteiger partial charge < -0.3 is 0 Å². The number of benzene rings is 1. The maximum atomic E-state index is 6.01. The lowest BCUT2D eigenvalue weighted by Gasteiger charge is -2.01. The van der Waals surface area contributed by atoms with Crippen LogP contribution in [0, 0.1) is 0 Å². The summed E-state index contributed by atoms with van der Waals surface area (Å²) in [6.07, 6.45) is 3.48. The Balaban J connectivity index is 2.59. The molecule has 0 aliphatic heterocycles. The Kier molecular flexibility index (Phi) is 2.25. The Hall–Kier alpha value is -0.990. The standard InChI is InChI=1S/C9H6Cl2N2/c10-8-3-1-2-7(9(8)11)6-4-12-13-5-6/h1-5H,(H,12,13). The second kappa shape index (κ2) is 3.40. The summed E-state index contributed by atoms with van der Waals surface area (Å²) in [6.45, 7) is 0. The Morgan fingerprint density at radius 3 is 2.77 bits per heavy atom. The van der Waals surface area contributed by atoms with Gasteiger partial charge in [0.05, 0.1) is 16.2 Å². The van der Waals surface area contributed by atoms with Gasteiger partial charge in [-0.25, -0.2) is 0 Å². The first-order chi connectivity index (χ1) is 6.29. The molecule has 1 N–H and O–H groups in total. The fraction of sp³-hybridized carbons (Fsp3) is 0. The Bertz CT molecular complexity index is 410. The van der Waals surface area contributed by atoms with Gasteiger partial charge in [-0.2, -0.15) is 5.10 Å². The van der Waals surface area contributed by atoms with E-state index < -0.39 is 0 Å². The molecule has 13 heavy (non-hydrogen) atoms. The zero-order chi connectivity index (χ0) is 9.26. The Labute approximate surface area is 85.5 Å². The van der Waals surface area contributed by atoms with Crippen molar-refractivity contribution in [3.63, 3.8) is 0 Å². The summed E-state index contributed by atoms with van der Waals surface area (Å²) in [7, 11) is 0. The predicted molar refractivity (Wildman–Crippen MR) is 54.0 cm³/mol. The SMILES string of the molecule is Clc1cccc(-c2cn[nH]c2)c1Cl. The highest BCUT2D eigenvalue weighted by Crippen LogP contribution is 2.32. The monoisotopic (exact) mass is 212 g/mol. The second-order valence-corrected chi connectivity index (χ2v) is 3.37. The van der Waals surface area contributed by atoms with Crippen LogP contribution >= 0.6 is 23.2 Å². The smallest absolute Gasteiger partial charge is 0.0671 e. The normalized spacial score (nSPS) is 10.3. The van der Waals surface area contributed by atoms with Gasteiger partial charge in [0.15, 0.2) is 0 Å². The van der Waals surface area contributed by atoms with Gasteiger partial charge >= 0.3 is 0 Å². The highest BCUT2D eigenvalue weighted by molar-refractivity contribution is 6.43. The molecule has 4 heteroatoms. The van der Waals surface area contributed by atoms with Crippen LogP contribution in [0.1, 0.15) is 0 Å². The molecule has 0 aliphatic carbocycles. The average molecular weight is 213 g/mol. The van der Waals surface area contributed by atoms with Gasteiger partial charge in [0.2, 0.25) is 0 Å². The van der Waals surface area contributed by atoms with Crippen LogP contribution in [-0.4, -0.2) is 10.2 Å². The third-order valence-electron chi connectivity index (χ3n) is 1.76. The lowest BCUT2D eigenvalue weighted by atomic mass is 10.1. The van der Waals surface area contributed by atoms with Crippen molar-refractivity contribution in [3.8, 4) is 11.1 Å². The summed E-state index contributed by atoms with van der Waals surface area (Å²) in [5.41, 5.74) is 1.83. The molecular weight excluding hydrogens is 207 g/mol. The molecule has 0 saturated heterocycles. The molecule has 0 unspecified atom stereocenters. The second-order valence-electron chi connectivity index (χ2n) is 2.59. The van der Waals surface area contributed by atoms with Crippen LogP contribution < -0.4 is 0 Å². The van der Waals surface area contributed by atoms with E-state index in [0.29, 0.717) is 10.0 Å². The van der Waals surface area contributed by atoms with E-state index >= 15 is 0 Å². The molecule has 0 amide bonds.